The normalized spacial score (nSPS) is 11.6. The summed E-state index contributed by atoms with van der Waals surface area (Å²) >= 11 is 0. The lowest BCUT2D eigenvalue weighted by atomic mass is 9.96. The van der Waals surface area contributed by atoms with E-state index in [1.54, 1.807) is 19.2 Å². The van der Waals surface area contributed by atoms with Crippen molar-refractivity contribution in [3.63, 3.8) is 0 Å². The van der Waals surface area contributed by atoms with E-state index in [9.17, 15) is 17.6 Å². The number of rotatable bonds is 4. The number of aryl methyl sites for hydroxylation is 1. The fraction of sp³-hybridized carbons (Fsp3) is 0.182. The van der Waals surface area contributed by atoms with Crippen LogP contribution in [-0.2, 0) is 13.6 Å². The average Bonchev–Trinajstić information content (AvgIpc) is 3.07. The van der Waals surface area contributed by atoms with Gasteiger partial charge in [-0.15, -0.1) is 5.10 Å². The van der Waals surface area contributed by atoms with Gasteiger partial charge in [0.1, 0.15) is 5.52 Å². The van der Waals surface area contributed by atoms with Crippen LogP contribution in [0.5, 0.6) is 0 Å². The SMILES string of the molecule is CN(C)Cc1cccc(-c2c(F)c(F)c(-c3ccc4c(c3)nnn4C)c(F)c2F)c1. The zero-order chi connectivity index (χ0) is 21.6. The van der Waals surface area contributed by atoms with Crippen LogP contribution in [0.3, 0.4) is 0 Å². The highest BCUT2D eigenvalue weighted by molar-refractivity contribution is 5.82. The van der Waals surface area contributed by atoms with Crippen LogP contribution in [0.4, 0.5) is 17.6 Å². The maximum absolute atomic E-state index is 15.0. The van der Waals surface area contributed by atoms with Gasteiger partial charge in [0.25, 0.3) is 0 Å². The van der Waals surface area contributed by atoms with Crippen molar-refractivity contribution in [2.24, 2.45) is 7.05 Å². The maximum atomic E-state index is 15.0. The van der Waals surface area contributed by atoms with E-state index in [1.165, 1.54) is 35.0 Å². The summed E-state index contributed by atoms with van der Waals surface area (Å²) in [6.45, 7) is 0.512. The van der Waals surface area contributed by atoms with Gasteiger partial charge in [0.05, 0.1) is 16.6 Å². The number of benzene rings is 3. The number of hydrogen-bond acceptors (Lipinski definition) is 3. The fourth-order valence-electron chi connectivity index (χ4n) is 3.53. The van der Waals surface area contributed by atoms with Crippen molar-refractivity contribution in [2.75, 3.05) is 14.1 Å². The van der Waals surface area contributed by atoms with Crippen LogP contribution in [0.2, 0.25) is 0 Å². The summed E-state index contributed by atoms with van der Waals surface area (Å²) in [6, 6.07) is 10.6. The van der Waals surface area contributed by atoms with Gasteiger partial charge in [-0.2, -0.15) is 0 Å². The molecule has 0 radical (unpaired) electrons. The number of nitrogens with zero attached hydrogens (tertiary/aromatic N) is 4. The Balaban J connectivity index is 1.88. The molecule has 1 aromatic heterocycles. The fourth-order valence-corrected chi connectivity index (χ4v) is 3.53. The summed E-state index contributed by atoms with van der Waals surface area (Å²) in [5, 5.41) is 7.70. The van der Waals surface area contributed by atoms with Crippen LogP contribution in [0.25, 0.3) is 33.3 Å². The Labute approximate surface area is 170 Å². The van der Waals surface area contributed by atoms with E-state index in [1.807, 2.05) is 19.0 Å². The highest BCUT2D eigenvalue weighted by Crippen LogP contribution is 2.37. The van der Waals surface area contributed by atoms with Crippen molar-refractivity contribution in [2.45, 2.75) is 6.54 Å². The summed E-state index contributed by atoms with van der Waals surface area (Å²) in [5.41, 5.74) is 0.279. The van der Waals surface area contributed by atoms with Crippen LogP contribution in [0, 0.1) is 23.3 Å². The third-order valence-corrected chi connectivity index (χ3v) is 4.88. The van der Waals surface area contributed by atoms with E-state index in [2.05, 4.69) is 10.3 Å². The minimum absolute atomic E-state index is 0.0243. The minimum atomic E-state index is -1.45. The van der Waals surface area contributed by atoms with Gasteiger partial charge >= 0.3 is 0 Å². The average molecular weight is 414 g/mol. The molecule has 0 saturated carbocycles. The Kier molecular flexibility index (Phi) is 5.03. The summed E-state index contributed by atoms with van der Waals surface area (Å²) in [5.74, 6) is -5.79. The molecule has 0 atom stereocenters. The Morgan fingerprint density at radius 3 is 2.03 bits per heavy atom. The predicted octanol–water partition coefficient (Wildman–Crippen LogP) is 4.92. The smallest absolute Gasteiger partial charge is 0.170 e. The molecule has 0 N–H and O–H groups in total. The topological polar surface area (TPSA) is 34.0 Å². The van der Waals surface area contributed by atoms with E-state index in [0.29, 0.717) is 17.6 Å². The lowest BCUT2D eigenvalue weighted by molar-refractivity contribution is 0.402. The molecule has 0 aliphatic rings. The van der Waals surface area contributed by atoms with Crippen LogP contribution < -0.4 is 0 Å². The van der Waals surface area contributed by atoms with E-state index in [0.717, 1.165) is 5.56 Å². The third-order valence-electron chi connectivity index (χ3n) is 4.88. The number of halogens is 4. The Morgan fingerprint density at radius 1 is 0.833 bits per heavy atom. The van der Waals surface area contributed by atoms with Crippen molar-refractivity contribution in [1.29, 1.82) is 0 Å². The molecular formula is C22H18F4N4. The molecule has 30 heavy (non-hydrogen) atoms. The molecule has 1 heterocycles. The highest BCUT2D eigenvalue weighted by atomic mass is 19.2. The second-order valence-electron chi connectivity index (χ2n) is 7.36. The van der Waals surface area contributed by atoms with Crippen LogP contribution in [0.1, 0.15) is 5.56 Å². The Hall–Kier alpha value is -3.26. The summed E-state index contributed by atoms with van der Waals surface area (Å²) in [4.78, 5) is 1.87. The van der Waals surface area contributed by atoms with E-state index < -0.39 is 34.4 Å². The summed E-state index contributed by atoms with van der Waals surface area (Å²) in [7, 11) is 5.35. The molecule has 0 fully saturated rings. The zero-order valence-electron chi connectivity index (χ0n) is 16.5. The standard InChI is InChI=1S/C22H18F4N4/c1-29(2)11-12-5-4-6-13(9-12)17-19(23)21(25)18(22(26)20(17)24)14-7-8-16-15(10-14)27-28-30(16)3/h4-10H,11H2,1-3H3. The van der Waals surface area contributed by atoms with Crippen molar-refractivity contribution in [3.8, 4) is 22.3 Å². The van der Waals surface area contributed by atoms with Gasteiger partial charge in [-0.05, 0) is 49.0 Å². The van der Waals surface area contributed by atoms with E-state index >= 15 is 0 Å². The molecule has 154 valence electrons. The largest absolute Gasteiger partial charge is 0.305 e. The van der Waals surface area contributed by atoms with Crippen molar-refractivity contribution in [3.05, 3.63) is 71.3 Å². The lowest BCUT2D eigenvalue weighted by Gasteiger charge is -2.14. The number of hydrogen-bond donors (Lipinski definition) is 0. The van der Waals surface area contributed by atoms with Gasteiger partial charge < -0.3 is 4.90 Å². The van der Waals surface area contributed by atoms with Crippen molar-refractivity contribution in [1.82, 2.24) is 19.9 Å². The first-order chi connectivity index (χ1) is 14.3. The van der Waals surface area contributed by atoms with E-state index in [-0.39, 0.29) is 11.1 Å². The monoisotopic (exact) mass is 414 g/mol. The molecule has 8 heteroatoms. The molecule has 3 aromatic carbocycles. The first kappa shape index (κ1) is 20.0. The Morgan fingerprint density at radius 2 is 1.43 bits per heavy atom. The molecule has 0 aliphatic heterocycles. The Bertz CT molecular complexity index is 1230. The number of fused-ring (bicyclic) bond motifs is 1. The molecule has 0 amide bonds. The summed E-state index contributed by atoms with van der Waals surface area (Å²) in [6.07, 6.45) is 0. The molecule has 0 unspecified atom stereocenters. The zero-order valence-corrected chi connectivity index (χ0v) is 16.5. The van der Waals surface area contributed by atoms with E-state index in [4.69, 9.17) is 0 Å². The molecule has 0 aliphatic carbocycles. The maximum Gasteiger partial charge on any atom is 0.170 e. The van der Waals surface area contributed by atoms with Gasteiger partial charge in [-0.3, -0.25) is 0 Å². The van der Waals surface area contributed by atoms with Crippen LogP contribution in [0.15, 0.2) is 42.5 Å². The van der Waals surface area contributed by atoms with Crippen LogP contribution in [-0.4, -0.2) is 34.0 Å². The van der Waals surface area contributed by atoms with Gasteiger partial charge in [0.15, 0.2) is 23.3 Å². The first-order valence-electron chi connectivity index (χ1n) is 9.17. The number of aromatic nitrogens is 3. The molecule has 0 saturated heterocycles. The molecule has 4 nitrogen and oxygen atoms in total. The molecule has 4 aromatic rings. The van der Waals surface area contributed by atoms with Gasteiger partial charge in [0, 0.05) is 13.6 Å². The summed E-state index contributed by atoms with van der Waals surface area (Å²) < 4.78 is 61.3. The minimum Gasteiger partial charge on any atom is -0.305 e. The predicted molar refractivity (Wildman–Crippen MR) is 107 cm³/mol. The quantitative estimate of drug-likeness (QED) is 0.351. The highest BCUT2D eigenvalue weighted by Gasteiger charge is 2.27. The van der Waals surface area contributed by atoms with Gasteiger partial charge in [0.2, 0.25) is 0 Å². The van der Waals surface area contributed by atoms with Crippen molar-refractivity contribution < 1.29 is 17.6 Å². The van der Waals surface area contributed by atoms with Crippen LogP contribution >= 0.6 is 0 Å². The molecule has 0 spiro atoms. The second kappa shape index (κ2) is 7.53. The molecular weight excluding hydrogens is 396 g/mol. The van der Waals surface area contributed by atoms with Crippen molar-refractivity contribution >= 4 is 11.0 Å². The third kappa shape index (κ3) is 3.33. The molecule has 0 bridgehead atoms. The lowest BCUT2D eigenvalue weighted by Crippen LogP contribution is -2.10. The van der Waals surface area contributed by atoms with Gasteiger partial charge in [-0.25, -0.2) is 22.2 Å². The first-order valence-corrected chi connectivity index (χ1v) is 9.17. The van der Waals surface area contributed by atoms with Gasteiger partial charge in [-0.1, -0.05) is 29.5 Å². The second-order valence-corrected chi connectivity index (χ2v) is 7.36. The molecule has 4 rings (SSSR count).